The van der Waals surface area contributed by atoms with Gasteiger partial charge in [-0.25, -0.2) is 0 Å². The third-order valence-corrected chi connectivity index (χ3v) is 4.46. The van der Waals surface area contributed by atoms with Gasteiger partial charge in [0.2, 0.25) is 0 Å². The van der Waals surface area contributed by atoms with E-state index in [0.29, 0.717) is 5.92 Å². The van der Waals surface area contributed by atoms with Crippen LogP contribution in [-0.2, 0) is 5.60 Å². The van der Waals surface area contributed by atoms with Gasteiger partial charge in [-0.1, -0.05) is 26.7 Å². The van der Waals surface area contributed by atoms with Crippen molar-refractivity contribution in [3.63, 3.8) is 0 Å². The third-order valence-electron chi connectivity index (χ3n) is 3.19. The molecule has 1 rings (SSSR count). The van der Waals surface area contributed by atoms with Gasteiger partial charge in [0.1, 0.15) is 0 Å². The van der Waals surface area contributed by atoms with Crippen molar-refractivity contribution in [3.8, 4) is 0 Å². The molecule has 0 saturated heterocycles. The topological polar surface area (TPSA) is 20.2 Å². The first kappa shape index (κ1) is 12.7. The van der Waals surface area contributed by atoms with Gasteiger partial charge in [0, 0.05) is 4.88 Å². The number of hydrogen-bond donors (Lipinski definition) is 1. The molecule has 0 aliphatic heterocycles. The molecule has 1 heterocycles. The number of aryl methyl sites for hydroxylation is 1. The predicted octanol–water partition coefficient (Wildman–Crippen LogP) is 4.09. The van der Waals surface area contributed by atoms with E-state index >= 15 is 0 Å². The van der Waals surface area contributed by atoms with Crippen molar-refractivity contribution in [2.75, 3.05) is 0 Å². The summed E-state index contributed by atoms with van der Waals surface area (Å²) in [6, 6.07) is 2.08. The molecular weight excluding hydrogens is 204 g/mol. The van der Waals surface area contributed by atoms with Crippen LogP contribution in [-0.4, -0.2) is 5.11 Å². The van der Waals surface area contributed by atoms with Crippen LogP contribution in [0.1, 0.15) is 50.5 Å². The van der Waals surface area contributed by atoms with Crippen molar-refractivity contribution in [2.45, 2.75) is 52.6 Å². The highest BCUT2D eigenvalue weighted by Gasteiger charge is 2.28. The minimum Gasteiger partial charge on any atom is -0.385 e. The van der Waals surface area contributed by atoms with Crippen molar-refractivity contribution < 1.29 is 5.11 Å². The first-order valence-corrected chi connectivity index (χ1v) is 6.66. The highest BCUT2D eigenvalue weighted by molar-refractivity contribution is 7.10. The van der Waals surface area contributed by atoms with E-state index < -0.39 is 5.60 Å². The zero-order valence-corrected chi connectivity index (χ0v) is 11.0. The van der Waals surface area contributed by atoms with Gasteiger partial charge < -0.3 is 5.11 Å². The molecule has 86 valence electrons. The van der Waals surface area contributed by atoms with E-state index in [4.69, 9.17) is 0 Å². The van der Waals surface area contributed by atoms with Crippen LogP contribution < -0.4 is 0 Å². The molecule has 1 atom stereocenters. The lowest BCUT2D eigenvalue weighted by molar-refractivity contribution is 0.0316. The van der Waals surface area contributed by atoms with E-state index in [1.807, 2.05) is 6.92 Å². The maximum atomic E-state index is 10.5. The zero-order valence-electron chi connectivity index (χ0n) is 10.2. The Morgan fingerprint density at radius 1 is 1.40 bits per heavy atom. The average Bonchev–Trinajstić information content (AvgIpc) is 2.61. The third kappa shape index (κ3) is 3.05. The average molecular weight is 226 g/mol. The van der Waals surface area contributed by atoms with Crippen LogP contribution >= 0.6 is 11.3 Å². The van der Waals surface area contributed by atoms with Gasteiger partial charge in [0.15, 0.2) is 0 Å². The van der Waals surface area contributed by atoms with Crippen LogP contribution in [0.5, 0.6) is 0 Å². The molecule has 0 aliphatic carbocycles. The Bertz CT molecular complexity index is 297. The molecule has 1 aromatic rings. The minimum atomic E-state index is -0.644. The number of rotatable bonds is 5. The highest BCUT2D eigenvalue weighted by atomic mass is 32.1. The van der Waals surface area contributed by atoms with Crippen molar-refractivity contribution >= 4 is 11.3 Å². The van der Waals surface area contributed by atoms with Crippen LogP contribution in [0.2, 0.25) is 0 Å². The lowest BCUT2D eigenvalue weighted by atomic mass is 9.86. The first-order valence-electron chi connectivity index (χ1n) is 5.78. The Kier molecular flexibility index (Phi) is 4.35. The smallest absolute Gasteiger partial charge is 0.0965 e. The Hall–Kier alpha value is -0.340. The Labute approximate surface area is 97.2 Å². The molecule has 0 fully saturated rings. The molecule has 0 aliphatic rings. The summed E-state index contributed by atoms with van der Waals surface area (Å²) in [4.78, 5) is 1.13. The van der Waals surface area contributed by atoms with E-state index in [1.165, 1.54) is 5.56 Å². The molecule has 0 spiro atoms. The fourth-order valence-electron chi connectivity index (χ4n) is 2.16. The monoisotopic (exact) mass is 226 g/mol. The minimum absolute atomic E-state index is 0.626. The quantitative estimate of drug-likeness (QED) is 0.801. The van der Waals surface area contributed by atoms with Crippen molar-refractivity contribution in [1.29, 1.82) is 0 Å². The van der Waals surface area contributed by atoms with Crippen molar-refractivity contribution in [2.24, 2.45) is 5.92 Å². The van der Waals surface area contributed by atoms with E-state index in [9.17, 15) is 5.11 Å². The normalized spacial score (nSPS) is 15.6. The van der Waals surface area contributed by atoms with E-state index in [0.717, 1.165) is 24.1 Å². The SMILES string of the molecule is CCC(CC)CC(C)(O)c1sccc1C. The van der Waals surface area contributed by atoms with Gasteiger partial charge in [-0.15, -0.1) is 11.3 Å². The number of hydrogen-bond acceptors (Lipinski definition) is 2. The molecular formula is C13H22OS. The summed E-state index contributed by atoms with van der Waals surface area (Å²) in [6.45, 7) is 8.43. The lowest BCUT2D eigenvalue weighted by Crippen LogP contribution is -2.24. The molecule has 1 N–H and O–H groups in total. The fraction of sp³-hybridized carbons (Fsp3) is 0.692. The molecule has 0 bridgehead atoms. The molecule has 1 unspecified atom stereocenters. The predicted molar refractivity (Wildman–Crippen MR) is 67.3 cm³/mol. The fourth-order valence-corrected chi connectivity index (χ4v) is 3.16. The van der Waals surface area contributed by atoms with Gasteiger partial charge in [0.05, 0.1) is 5.60 Å². The van der Waals surface area contributed by atoms with Crippen LogP contribution in [0.25, 0.3) is 0 Å². The van der Waals surface area contributed by atoms with Gasteiger partial charge in [-0.2, -0.15) is 0 Å². The maximum absolute atomic E-state index is 10.5. The van der Waals surface area contributed by atoms with Crippen LogP contribution in [0, 0.1) is 12.8 Å². The Morgan fingerprint density at radius 2 is 2.00 bits per heavy atom. The second-order valence-corrected chi connectivity index (χ2v) is 5.51. The summed E-state index contributed by atoms with van der Waals surface area (Å²) in [5.74, 6) is 0.626. The number of thiophene rings is 1. The molecule has 2 heteroatoms. The molecule has 0 amide bonds. The van der Waals surface area contributed by atoms with E-state index in [2.05, 4.69) is 32.2 Å². The second-order valence-electron chi connectivity index (χ2n) is 4.59. The maximum Gasteiger partial charge on any atom is 0.0965 e. The summed E-state index contributed by atoms with van der Waals surface area (Å²) in [6.07, 6.45) is 3.18. The van der Waals surface area contributed by atoms with Gasteiger partial charge in [-0.05, 0) is 43.2 Å². The van der Waals surface area contributed by atoms with Crippen LogP contribution in [0.3, 0.4) is 0 Å². The van der Waals surface area contributed by atoms with Crippen LogP contribution in [0.15, 0.2) is 11.4 Å². The summed E-state index contributed by atoms with van der Waals surface area (Å²) in [7, 11) is 0. The van der Waals surface area contributed by atoms with Gasteiger partial charge in [-0.3, -0.25) is 0 Å². The molecule has 1 nitrogen and oxygen atoms in total. The van der Waals surface area contributed by atoms with Gasteiger partial charge in [0.25, 0.3) is 0 Å². The molecule has 15 heavy (non-hydrogen) atoms. The first-order chi connectivity index (χ1) is 7.01. The summed E-state index contributed by atoms with van der Waals surface area (Å²) >= 11 is 1.67. The summed E-state index contributed by atoms with van der Waals surface area (Å²) in [5.41, 5.74) is 0.575. The van der Waals surface area contributed by atoms with E-state index in [1.54, 1.807) is 11.3 Å². The summed E-state index contributed by atoms with van der Waals surface area (Å²) in [5, 5.41) is 12.6. The standard InChI is InChI=1S/C13H22OS/c1-5-11(6-2)9-13(4,14)12-10(3)7-8-15-12/h7-8,11,14H,5-6,9H2,1-4H3. The molecule has 0 aromatic carbocycles. The van der Waals surface area contributed by atoms with Crippen molar-refractivity contribution in [3.05, 3.63) is 21.9 Å². The number of aliphatic hydroxyl groups is 1. The Balaban J connectivity index is 2.79. The molecule has 0 radical (unpaired) electrons. The van der Waals surface area contributed by atoms with Crippen molar-refractivity contribution in [1.82, 2.24) is 0 Å². The zero-order chi connectivity index (χ0) is 11.5. The Morgan fingerprint density at radius 3 is 2.40 bits per heavy atom. The summed E-state index contributed by atoms with van der Waals surface area (Å²) < 4.78 is 0. The second kappa shape index (κ2) is 5.13. The van der Waals surface area contributed by atoms with E-state index in [-0.39, 0.29) is 0 Å². The van der Waals surface area contributed by atoms with Crippen LogP contribution in [0.4, 0.5) is 0 Å². The van der Waals surface area contributed by atoms with Gasteiger partial charge >= 0.3 is 0 Å². The highest BCUT2D eigenvalue weighted by Crippen LogP contribution is 2.35. The molecule has 0 saturated carbocycles. The lowest BCUT2D eigenvalue weighted by Gasteiger charge is -2.27. The molecule has 1 aromatic heterocycles. The largest absolute Gasteiger partial charge is 0.385 e.